The molecule has 0 bridgehead atoms. The topological polar surface area (TPSA) is 18.5 Å². The van der Waals surface area contributed by atoms with Crippen molar-refractivity contribution in [3.8, 4) is 17.8 Å². The van der Waals surface area contributed by atoms with Gasteiger partial charge in [-0.1, -0.05) is 43.4 Å². The SMILES string of the molecule is C(#CC1CCCCC1)OOc1ccccc1. The van der Waals surface area contributed by atoms with Gasteiger partial charge in [-0.3, -0.25) is 4.89 Å². The normalized spacial score (nSPS) is 16.0. The van der Waals surface area contributed by atoms with Crippen molar-refractivity contribution in [2.45, 2.75) is 32.1 Å². The monoisotopic (exact) mass is 216 g/mol. The summed E-state index contributed by atoms with van der Waals surface area (Å²) >= 11 is 0. The molecule has 84 valence electrons. The lowest BCUT2D eigenvalue weighted by Crippen LogP contribution is -2.03. The lowest BCUT2D eigenvalue weighted by atomic mass is 9.90. The maximum Gasteiger partial charge on any atom is 0.179 e. The van der Waals surface area contributed by atoms with Crippen LogP contribution >= 0.6 is 0 Å². The van der Waals surface area contributed by atoms with E-state index in [1.54, 1.807) is 0 Å². The van der Waals surface area contributed by atoms with Crippen LogP contribution in [0.3, 0.4) is 0 Å². The number of hydrogen-bond acceptors (Lipinski definition) is 2. The summed E-state index contributed by atoms with van der Waals surface area (Å²) in [7, 11) is 0. The van der Waals surface area contributed by atoms with Gasteiger partial charge in [-0.05, 0) is 25.0 Å². The van der Waals surface area contributed by atoms with E-state index in [0.717, 1.165) is 0 Å². The van der Waals surface area contributed by atoms with Gasteiger partial charge >= 0.3 is 0 Å². The van der Waals surface area contributed by atoms with Gasteiger partial charge in [0.05, 0.1) is 0 Å². The van der Waals surface area contributed by atoms with E-state index in [4.69, 9.17) is 9.78 Å². The third-order valence-corrected chi connectivity index (χ3v) is 2.79. The van der Waals surface area contributed by atoms with E-state index in [9.17, 15) is 0 Å². The molecule has 0 unspecified atom stereocenters. The van der Waals surface area contributed by atoms with Crippen LogP contribution in [-0.4, -0.2) is 0 Å². The molecule has 2 rings (SSSR count). The Morgan fingerprint density at radius 3 is 2.50 bits per heavy atom. The molecule has 1 aliphatic carbocycles. The van der Waals surface area contributed by atoms with Crippen molar-refractivity contribution >= 4 is 0 Å². The van der Waals surface area contributed by atoms with Gasteiger partial charge in [0.1, 0.15) is 0 Å². The fraction of sp³-hybridized carbons (Fsp3) is 0.429. The van der Waals surface area contributed by atoms with Crippen LogP contribution in [0, 0.1) is 17.9 Å². The molecule has 1 fully saturated rings. The van der Waals surface area contributed by atoms with Gasteiger partial charge < -0.3 is 0 Å². The summed E-state index contributed by atoms with van der Waals surface area (Å²) in [6.45, 7) is 0. The van der Waals surface area contributed by atoms with Crippen molar-refractivity contribution in [1.82, 2.24) is 0 Å². The summed E-state index contributed by atoms with van der Waals surface area (Å²) in [5.41, 5.74) is 0. The molecule has 2 heteroatoms. The maximum absolute atomic E-state index is 5.02. The first-order valence-electron chi connectivity index (χ1n) is 5.84. The van der Waals surface area contributed by atoms with Crippen molar-refractivity contribution in [2.75, 3.05) is 0 Å². The van der Waals surface area contributed by atoms with Crippen molar-refractivity contribution in [3.63, 3.8) is 0 Å². The highest BCUT2D eigenvalue weighted by Gasteiger charge is 2.10. The first kappa shape index (κ1) is 10.9. The van der Waals surface area contributed by atoms with E-state index in [2.05, 4.69) is 12.0 Å². The van der Waals surface area contributed by atoms with Gasteiger partial charge in [-0.2, -0.15) is 0 Å². The Hall–Kier alpha value is -1.62. The predicted octanol–water partition coefficient (Wildman–Crippen LogP) is 3.54. The first-order valence-corrected chi connectivity index (χ1v) is 5.84. The molecule has 0 amide bonds. The summed E-state index contributed by atoms with van der Waals surface area (Å²) in [5.74, 6) is 4.27. The molecule has 0 saturated heterocycles. The van der Waals surface area contributed by atoms with Crippen LogP contribution in [0.2, 0.25) is 0 Å². The van der Waals surface area contributed by atoms with Crippen LogP contribution in [0.5, 0.6) is 5.75 Å². The van der Waals surface area contributed by atoms with E-state index in [1.807, 2.05) is 30.3 Å². The zero-order valence-corrected chi connectivity index (χ0v) is 9.32. The summed E-state index contributed by atoms with van der Waals surface area (Å²) in [6, 6.07) is 9.39. The van der Waals surface area contributed by atoms with Gasteiger partial charge in [0.2, 0.25) is 0 Å². The summed E-state index contributed by atoms with van der Waals surface area (Å²) < 4.78 is 0. The third-order valence-electron chi connectivity index (χ3n) is 2.79. The Morgan fingerprint density at radius 1 is 1.00 bits per heavy atom. The van der Waals surface area contributed by atoms with Crippen molar-refractivity contribution in [3.05, 3.63) is 30.3 Å². The lowest BCUT2D eigenvalue weighted by molar-refractivity contribution is -0.134. The van der Waals surface area contributed by atoms with Gasteiger partial charge in [0, 0.05) is 5.92 Å². The number of rotatable bonds is 2. The van der Waals surface area contributed by atoms with E-state index in [-0.39, 0.29) is 0 Å². The minimum Gasteiger partial charge on any atom is -0.281 e. The quantitative estimate of drug-likeness (QED) is 0.427. The van der Waals surface area contributed by atoms with Crippen LogP contribution in [0.4, 0.5) is 0 Å². The lowest BCUT2D eigenvalue weighted by Gasteiger charge is -2.14. The van der Waals surface area contributed by atoms with Crippen LogP contribution < -0.4 is 4.89 Å². The van der Waals surface area contributed by atoms with Crippen molar-refractivity contribution in [2.24, 2.45) is 5.92 Å². The standard InChI is InChI=1S/C14H16O2/c1-3-7-13(8-4-1)11-12-15-16-14-9-5-2-6-10-14/h2,5-6,9-10,13H,1,3-4,7-8H2. The first-order chi connectivity index (χ1) is 7.95. The molecule has 0 aromatic heterocycles. The van der Waals surface area contributed by atoms with Gasteiger partial charge in [-0.25, -0.2) is 4.89 Å². The molecule has 16 heavy (non-hydrogen) atoms. The van der Waals surface area contributed by atoms with Gasteiger partial charge in [0.25, 0.3) is 0 Å². The third kappa shape index (κ3) is 3.51. The summed E-state index contributed by atoms with van der Waals surface area (Å²) in [5, 5.41) is 0. The Balaban J connectivity index is 1.73. The predicted molar refractivity (Wildman–Crippen MR) is 62.5 cm³/mol. The molecule has 1 aromatic rings. The Morgan fingerprint density at radius 2 is 1.75 bits per heavy atom. The summed E-state index contributed by atoms with van der Waals surface area (Å²) in [4.78, 5) is 9.88. The zero-order valence-electron chi connectivity index (χ0n) is 9.32. The smallest absolute Gasteiger partial charge is 0.179 e. The molecular formula is C14H16O2. The van der Waals surface area contributed by atoms with Crippen molar-refractivity contribution in [1.29, 1.82) is 0 Å². The number of hydrogen-bond donors (Lipinski definition) is 0. The van der Waals surface area contributed by atoms with E-state index in [0.29, 0.717) is 11.7 Å². The Kier molecular flexibility index (Phi) is 4.13. The number of benzene rings is 1. The van der Waals surface area contributed by atoms with E-state index < -0.39 is 0 Å². The molecular weight excluding hydrogens is 200 g/mol. The second kappa shape index (κ2) is 6.07. The van der Waals surface area contributed by atoms with Crippen LogP contribution in [-0.2, 0) is 4.89 Å². The minimum atomic E-state index is 0.494. The van der Waals surface area contributed by atoms with Gasteiger partial charge in [-0.15, -0.1) is 0 Å². The van der Waals surface area contributed by atoms with Crippen LogP contribution in [0.15, 0.2) is 30.3 Å². The molecule has 0 heterocycles. The zero-order chi connectivity index (χ0) is 11.1. The average Bonchev–Trinajstić information content (AvgIpc) is 2.37. The highest BCUT2D eigenvalue weighted by molar-refractivity contribution is 5.20. The molecule has 1 aromatic carbocycles. The molecule has 0 aliphatic heterocycles. The Labute approximate surface area is 96.5 Å². The van der Waals surface area contributed by atoms with Crippen LogP contribution in [0.25, 0.3) is 0 Å². The highest BCUT2D eigenvalue weighted by Crippen LogP contribution is 2.22. The second-order valence-electron chi connectivity index (χ2n) is 4.06. The number of para-hydroxylation sites is 1. The van der Waals surface area contributed by atoms with E-state index >= 15 is 0 Å². The maximum atomic E-state index is 5.02. The molecule has 0 spiro atoms. The largest absolute Gasteiger partial charge is 0.281 e. The molecule has 2 nitrogen and oxygen atoms in total. The fourth-order valence-electron chi connectivity index (χ4n) is 1.90. The molecule has 0 radical (unpaired) electrons. The van der Waals surface area contributed by atoms with Crippen molar-refractivity contribution < 1.29 is 9.78 Å². The molecule has 0 N–H and O–H groups in total. The average molecular weight is 216 g/mol. The fourth-order valence-corrected chi connectivity index (χ4v) is 1.90. The van der Waals surface area contributed by atoms with Crippen LogP contribution in [0.1, 0.15) is 32.1 Å². The highest BCUT2D eigenvalue weighted by atomic mass is 17.2. The summed E-state index contributed by atoms with van der Waals surface area (Å²) in [6.07, 6.45) is 8.95. The molecule has 1 aliphatic rings. The Bertz CT molecular complexity index is 355. The minimum absolute atomic E-state index is 0.494. The van der Waals surface area contributed by atoms with E-state index in [1.165, 1.54) is 32.1 Å². The van der Waals surface area contributed by atoms with Gasteiger partial charge in [0.15, 0.2) is 11.9 Å². The molecule has 1 saturated carbocycles. The molecule has 0 atom stereocenters. The second-order valence-corrected chi connectivity index (χ2v) is 4.06.